The maximum atomic E-state index is 5.36. The quantitative estimate of drug-likeness (QED) is 0.0898. The van der Waals surface area contributed by atoms with Crippen LogP contribution < -0.4 is 0 Å². The molecule has 0 saturated heterocycles. The zero-order valence-electron chi connectivity index (χ0n) is 27.2. The topological polar surface area (TPSA) is 27.7 Å². The average Bonchev–Trinajstić information content (AvgIpc) is 3.28. The van der Waals surface area contributed by atoms with Gasteiger partial charge in [-0.25, -0.2) is 5.57 Å². The van der Waals surface area contributed by atoms with Crippen LogP contribution in [0, 0.1) is 44.6 Å². The van der Waals surface area contributed by atoms with Crippen LogP contribution >= 0.6 is 0 Å². The second kappa shape index (κ2) is 31.8. The molecule has 0 fully saturated rings. The molecule has 230 valence electrons. The van der Waals surface area contributed by atoms with Crippen LogP contribution in [0.25, 0.3) is 0 Å². The van der Waals surface area contributed by atoms with E-state index < -0.39 is 8.80 Å². The Morgan fingerprint density at radius 3 is 1.18 bits per heavy atom. The van der Waals surface area contributed by atoms with Crippen LogP contribution in [0.2, 0.25) is 0 Å². The van der Waals surface area contributed by atoms with Gasteiger partial charge in [0.2, 0.25) is 0 Å². The number of unbranched alkanes of at least 4 members (excludes halogenated alkanes) is 6. The second-order valence-corrected chi connectivity index (χ2v) is 13.9. The van der Waals surface area contributed by atoms with E-state index in [0.717, 1.165) is 54.2 Å². The van der Waals surface area contributed by atoms with Crippen molar-refractivity contribution in [2.45, 2.75) is 132 Å². The van der Waals surface area contributed by atoms with Crippen molar-refractivity contribution in [1.82, 2.24) is 0 Å². The molecule has 0 radical (unpaired) electrons. The van der Waals surface area contributed by atoms with Gasteiger partial charge in [0.15, 0.2) is 0 Å². The van der Waals surface area contributed by atoms with Crippen LogP contribution in [0.4, 0.5) is 0 Å². The van der Waals surface area contributed by atoms with E-state index in [1.54, 1.807) is 21.3 Å². The Kier molecular flexibility index (Phi) is 37.9. The fraction of sp³-hybridized carbons (Fsp3) is 0.788. The summed E-state index contributed by atoms with van der Waals surface area (Å²) < 4.78 is 16.1. The van der Waals surface area contributed by atoms with Crippen molar-refractivity contribution in [3.05, 3.63) is 43.7 Å². The second-order valence-electron chi connectivity index (χ2n) is 11.0. The molecule has 0 amide bonds. The molecule has 0 atom stereocenters. The smallest absolute Gasteiger partial charge is 0.386 e. The van der Waals surface area contributed by atoms with Gasteiger partial charge in [-0.1, -0.05) is 106 Å². The zero-order chi connectivity index (χ0) is 29.1. The van der Waals surface area contributed by atoms with Gasteiger partial charge in [0.25, 0.3) is 0 Å². The van der Waals surface area contributed by atoms with E-state index in [9.17, 15) is 0 Å². The Hall–Kier alpha value is 0.265. The number of hydrogen-bond donors (Lipinski definition) is 0. The van der Waals surface area contributed by atoms with Gasteiger partial charge in [0, 0.05) is 21.3 Å². The Balaban J connectivity index is -0.000000207. The first-order valence-corrected chi connectivity index (χ1v) is 16.6. The van der Waals surface area contributed by atoms with Crippen LogP contribution in [0.5, 0.6) is 0 Å². The van der Waals surface area contributed by atoms with Gasteiger partial charge in [-0.05, 0) is 17.8 Å². The molecule has 0 bridgehead atoms. The standard InChI is InChI=1S/C9H15O3Si.3C8H17.Pt/c1-8-6-5-7-9(8)13(10-2,11-3)12-4;3*1-4-5-6-7-8(2)3;/h7H,5H2,1-4H3;3*8H,1,4-7H2,2-3H3;/q4*-1;+4. The van der Waals surface area contributed by atoms with E-state index in [2.05, 4.69) is 74.5 Å². The van der Waals surface area contributed by atoms with Crippen LogP contribution in [0.3, 0.4) is 0 Å². The third-order valence-corrected chi connectivity index (χ3v) is 8.91. The molecular formula is C33H66O3PtSi. The van der Waals surface area contributed by atoms with E-state index in [-0.39, 0.29) is 21.1 Å². The van der Waals surface area contributed by atoms with Gasteiger partial charge in [-0.15, -0.1) is 11.6 Å². The van der Waals surface area contributed by atoms with E-state index in [4.69, 9.17) is 13.3 Å². The molecule has 1 aliphatic carbocycles. The normalized spacial score (nSPS) is 12.5. The third kappa shape index (κ3) is 27.8. The molecule has 0 N–H and O–H groups in total. The number of hydrogen-bond acceptors (Lipinski definition) is 3. The van der Waals surface area contributed by atoms with Crippen LogP contribution in [0.15, 0.2) is 16.8 Å². The summed E-state index contributed by atoms with van der Waals surface area (Å²) in [7, 11) is 2.26. The summed E-state index contributed by atoms with van der Waals surface area (Å²) in [6.07, 6.45) is 21.5. The molecule has 1 rings (SSSR count). The number of allylic oxidation sites excluding steroid dienone is 4. The van der Waals surface area contributed by atoms with Gasteiger partial charge in [0.05, 0.1) is 0 Å². The van der Waals surface area contributed by atoms with E-state index in [1.807, 2.05) is 6.92 Å². The monoisotopic (exact) mass is 733 g/mol. The van der Waals surface area contributed by atoms with Crippen molar-refractivity contribution < 1.29 is 34.3 Å². The fourth-order valence-electron chi connectivity index (χ4n) is 3.68. The Labute approximate surface area is 257 Å². The molecule has 0 aromatic carbocycles. The maximum absolute atomic E-state index is 5.36. The van der Waals surface area contributed by atoms with Gasteiger partial charge >= 0.3 is 29.9 Å². The molecule has 0 aromatic heterocycles. The summed E-state index contributed by atoms with van der Waals surface area (Å²) in [5, 5.41) is 1.04. The van der Waals surface area contributed by atoms with Crippen LogP contribution in [-0.4, -0.2) is 30.1 Å². The molecule has 0 aromatic rings. The minimum absolute atomic E-state index is 0. The third-order valence-electron chi connectivity index (χ3n) is 6.06. The fourth-order valence-corrected chi connectivity index (χ4v) is 5.74. The van der Waals surface area contributed by atoms with Gasteiger partial charge in [-0.2, -0.15) is 25.3 Å². The average molecular weight is 734 g/mol. The zero-order valence-corrected chi connectivity index (χ0v) is 30.4. The van der Waals surface area contributed by atoms with Gasteiger partial charge < -0.3 is 34.0 Å². The summed E-state index contributed by atoms with van der Waals surface area (Å²) in [4.78, 5) is 0. The summed E-state index contributed by atoms with van der Waals surface area (Å²) >= 11 is 0. The van der Waals surface area contributed by atoms with E-state index in [1.165, 1.54) is 57.8 Å². The summed E-state index contributed by atoms with van der Waals surface area (Å²) in [6, 6.07) is 0. The molecule has 0 spiro atoms. The first-order valence-electron chi connectivity index (χ1n) is 14.8. The van der Waals surface area contributed by atoms with E-state index >= 15 is 0 Å². The van der Waals surface area contributed by atoms with Crippen molar-refractivity contribution in [1.29, 1.82) is 0 Å². The molecule has 0 unspecified atom stereocenters. The maximum Gasteiger partial charge on any atom is 4.00 e. The molecule has 0 heterocycles. The molecule has 0 saturated carbocycles. The predicted molar refractivity (Wildman–Crippen MR) is 168 cm³/mol. The van der Waals surface area contributed by atoms with Crippen LogP contribution in [-0.2, 0) is 34.3 Å². The van der Waals surface area contributed by atoms with Crippen molar-refractivity contribution in [2.24, 2.45) is 17.8 Å². The van der Waals surface area contributed by atoms with Crippen LogP contribution in [0.1, 0.15) is 132 Å². The Bertz CT molecular complexity index is 485. The van der Waals surface area contributed by atoms with Crippen molar-refractivity contribution in [3.63, 3.8) is 0 Å². The summed E-state index contributed by atoms with van der Waals surface area (Å²) in [6.45, 7) is 26.9. The Morgan fingerprint density at radius 2 is 1.00 bits per heavy atom. The number of rotatable bonds is 16. The molecule has 3 nitrogen and oxygen atoms in total. The minimum Gasteiger partial charge on any atom is -0.386 e. The van der Waals surface area contributed by atoms with Crippen molar-refractivity contribution in [3.8, 4) is 0 Å². The van der Waals surface area contributed by atoms with Crippen molar-refractivity contribution in [2.75, 3.05) is 21.3 Å². The SMILES string of the molecule is CO[Si](OC)(OC)C1=CC[C-]=C1C.[CH2-]CCCCC(C)C.[CH2-]CCCCC(C)C.[CH2-]CCCCC(C)C.[Pt+4]. The largest absolute Gasteiger partial charge is 4.00 e. The predicted octanol–water partition coefficient (Wildman–Crippen LogP) is 10.6. The van der Waals surface area contributed by atoms with Crippen molar-refractivity contribution >= 4 is 8.80 Å². The molecule has 1 aliphatic rings. The Morgan fingerprint density at radius 1 is 0.684 bits per heavy atom. The first-order chi connectivity index (χ1) is 17.5. The minimum atomic E-state index is -2.59. The summed E-state index contributed by atoms with van der Waals surface area (Å²) in [5.41, 5.74) is 1.08. The molecular weight excluding hydrogens is 668 g/mol. The molecule has 38 heavy (non-hydrogen) atoms. The first kappa shape index (κ1) is 45.3. The van der Waals surface area contributed by atoms with E-state index in [0.29, 0.717) is 0 Å². The molecule has 0 aliphatic heterocycles. The summed E-state index contributed by atoms with van der Waals surface area (Å²) in [5.74, 6) is 2.63. The van der Waals surface area contributed by atoms with Gasteiger partial charge in [-0.3, -0.25) is 6.08 Å². The molecule has 5 heteroatoms. The van der Waals surface area contributed by atoms with Gasteiger partial charge in [0.1, 0.15) is 0 Å².